The van der Waals surface area contributed by atoms with Gasteiger partial charge in [-0.1, -0.05) is 29.8 Å². The second-order valence-electron chi connectivity index (χ2n) is 4.07. The Morgan fingerprint density at radius 1 is 1.43 bits per heavy atom. The van der Waals surface area contributed by atoms with Gasteiger partial charge in [0.2, 0.25) is 0 Å². The lowest BCUT2D eigenvalue weighted by molar-refractivity contribution is 0.309. The highest BCUT2D eigenvalue weighted by Gasteiger charge is 2.21. The molecule has 1 aliphatic rings. The molecule has 0 aromatic heterocycles. The molecule has 1 nitrogen and oxygen atoms in total. The van der Waals surface area contributed by atoms with E-state index in [2.05, 4.69) is 24.1 Å². The lowest BCUT2D eigenvalue weighted by Crippen LogP contribution is -2.26. The Bertz CT molecular complexity index is 311. The highest BCUT2D eigenvalue weighted by atomic mass is 35.5. The van der Waals surface area contributed by atoms with E-state index in [1.807, 2.05) is 12.1 Å². The maximum atomic E-state index is 6.13. The van der Waals surface area contributed by atoms with E-state index in [0.29, 0.717) is 6.04 Å². The van der Waals surface area contributed by atoms with Crippen molar-refractivity contribution in [1.29, 1.82) is 0 Å². The summed E-state index contributed by atoms with van der Waals surface area (Å²) >= 11 is 6.13. The summed E-state index contributed by atoms with van der Waals surface area (Å²) in [4.78, 5) is 2.43. The smallest absolute Gasteiger partial charge is 0.0438 e. The molecule has 0 bridgehead atoms. The van der Waals surface area contributed by atoms with Crippen LogP contribution in [0.1, 0.15) is 18.4 Å². The van der Waals surface area contributed by atoms with Crippen molar-refractivity contribution in [2.75, 3.05) is 13.6 Å². The van der Waals surface area contributed by atoms with E-state index in [0.717, 1.165) is 11.4 Å². The summed E-state index contributed by atoms with van der Waals surface area (Å²) in [5, 5.41) is 0.910. The molecule has 1 heterocycles. The average Bonchev–Trinajstić information content (AvgIpc) is 2.56. The third-order valence-corrected chi connectivity index (χ3v) is 3.45. The summed E-state index contributed by atoms with van der Waals surface area (Å²) in [6, 6.07) is 8.86. The van der Waals surface area contributed by atoms with Gasteiger partial charge in [-0.3, -0.25) is 0 Å². The first-order valence-corrected chi connectivity index (χ1v) is 5.59. The van der Waals surface area contributed by atoms with Gasteiger partial charge < -0.3 is 4.90 Å². The fraction of sp³-hybridized carbons (Fsp3) is 0.500. The van der Waals surface area contributed by atoms with Crippen LogP contribution in [0.3, 0.4) is 0 Å². The van der Waals surface area contributed by atoms with Crippen molar-refractivity contribution < 1.29 is 0 Å². The Labute approximate surface area is 90.7 Å². The Hall–Kier alpha value is -0.530. The first kappa shape index (κ1) is 10.0. The Morgan fingerprint density at radius 2 is 2.21 bits per heavy atom. The summed E-state index contributed by atoms with van der Waals surface area (Å²) in [6.07, 6.45) is 3.73. The molecule has 1 aromatic carbocycles. The van der Waals surface area contributed by atoms with Gasteiger partial charge in [0, 0.05) is 11.1 Å². The molecule has 0 N–H and O–H groups in total. The zero-order valence-corrected chi connectivity index (χ0v) is 9.30. The third kappa shape index (κ3) is 2.10. The molecule has 2 heteroatoms. The van der Waals surface area contributed by atoms with E-state index in [9.17, 15) is 0 Å². The zero-order chi connectivity index (χ0) is 9.97. The van der Waals surface area contributed by atoms with Crippen LogP contribution in [0.4, 0.5) is 0 Å². The van der Waals surface area contributed by atoms with Crippen LogP contribution in [0.2, 0.25) is 5.02 Å². The van der Waals surface area contributed by atoms with Crippen LogP contribution in [0.25, 0.3) is 0 Å². The molecule has 1 saturated heterocycles. The number of benzene rings is 1. The number of halogens is 1. The van der Waals surface area contributed by atoms with Crippen molar-refractivity contribution in [3.8, 4) is 0 Å². The summed E-state index contributed by atoms with van der Waals surface area (Å²) in [6.45, 7) is 1.23. The largest absolute Gasteiger partial charge is 0.303 e. The van der Waals surface area contributed by atoms with Gasteiger partial charge in [0.15, 0.2) is 0 Å². The second-order valence-corrected chi connectivity index (χ2v) is 4.48. The zero-order valence-electron chi connectivity index (χ0n) is 8.54. The van der Waals surface area contributed by atoms with E-state index in [1.165, 1.54) is 24.9 Å². The second kappa shape index (κ2) is 4.33. The van der Waals surface area contributed by atoms with Crippen LogP contribution in [0.15, 0.2) is 24.3 Å². The fourth-order valence-electron chi connectivity index (χ4n) is 2.15. The predicted molar refractivity (Wildman–Crippen MR) is 60.8 cm³/mol. The monoisotopic (exact) mass is 209 g/mol. The number of nitrogens with zero attached hydrogens (tertiary/aromatic N) is 1. The standard InChI is InChI=1S/C12H16ClN/c1-14-8-4-6-11(14)9-10-5-2-3-7-12(10)13/h2-3,5,7,11H,4,6,8-9H2,1H3. The molecule has 14 heavy (non-hydrogen) atoms. The summed E-state index contributed by atoms with van der Waals surface area (Å²) in [5.74, 6) is 0. The lowest BCUT2D eigenvalue weighted by atomic mass is 10.0. The Morgan fingerprint density at radius 3 is 2.86 bits per heavy atom. The lowest BCUT2D eigenvalue weighted by Gasteiger charge is -2.19. The van der Waals surface area contributed by atoms with Gasteiger partial charge in [-0.15, -0.1) is 0 Å². The molecule has 1 unspecified atom stereocenters. The summed E-state index contributed by atoms with van der Waals surface area (Å²) in [5.41, 5.74) is 1.29. The molecule has 0 amide bonds. The minimum absolute atomic E-state index is 0.690. The first-order valence-electron chi connectivity index (χ1n) is 5.21. The van der Waals surface area contributed by atoms with Gasteiger partial charge in [-0.05, 0) is 44.5 Å². The third-order valence-electron chi connectivity index (χ3n) is 3.08. The van der Waals surface area contributed by atoms with Gasteiger partial charge in [-0.2, -0.15) is 0 Å². The maximum absolute atomic E-state index is 6.13. The van der Waals surface area contributed by atoms with Crippen LogP contribution < -0.4 is 0 Å². The molecule has 1 fully saturated rings. The van der Waals surface area contributed by atoms with Gasteiger partial charge in [0.25, 0.3) is 0 Å². The highest BCUT2D eigenvalue weighted by molar-refractivity contribution is 6.31. The molecular formula is C12H16ClN. The number of hydrogen-bond donors (Lipinski definition) is 0. The first-order chi connectivity index (χ1) is 6.77. The molecule has 2 rings (SSSR count). The molecule has 0 aliphatic carbocycles. The topological polar surface area (TPSA) is 3.24 Å². The van der Waals surface area contributed by atoms with Crippen LogP contribution >= 0.6 is 11.6 Å². The van der Waals surface area contributed by atoms with Crippen molar-refractivity contribution in [3.63, 3.8) is 0 Å². The molecule has 76 valence electrons. The van der Waals surface area contributed by atoms with Crippen molar-refractivity contribution in [3.05, 3.63) is 34.9 Å². The van der Waals surface area contributed by atoms with E-state index in [1.54, 1.807) is 0 Å². The van der Waals surface area contributed by atoms with Gasteiger partial charge in [-0.25, -0.2) is 0 Å². The van der Waals surface area contributed by atoms with Gasteiger partial charge in [0.05, 0.1) is 0 Å². The van der Waals surface area contributed by atoms with Crippen molar-refractivity contribution in [2.24, 2.45) is 0 Å². The number of rotatable bonds is 2. The molecule has 0 saturated carbocycles. The summed E-state index contributed by atoms with van der Waals surface area (Å²) < 4.78 is 0. The van der Waals surface area contributed by atoms with Crippen molar-refractivity contribution in [2.45, 2.75) is 25.3 Å². The summed E-state index contributed by atoms with van der Waals surface area (Å²) in [7, 11) is 2.20. The molecule has 0 radical (unpaired) electrons. The van der Waals surface area contributed by atoms with E-state index < -0.39 is 0 Å². The van der Waals surface area contributed by atoms with Crippen molar-refractivity contribution >= 4 is 11.6 Å². The van der Waals surface area contributed by atoms with Crippen LogP contribution in [-0.2, 0) is 6.42 Å². The quantitative estimate of drug-likeness (QED) is 0.724. The molecular weight excluding hydrogens is 194 g/mol. The Balaban J connectivity index is 2.07. The van der Waals surface area contributed by atoms with Crippen LogP contribution in [-0.4, -0.2) is 24.5 Å². The van der Waals surface area contributed by atoms with E-state index >= 15 is 0 Å². The van der Waals surface area contributed by atoms with Crippen LogP contribution in [0.5, 0.6) is 0 Å². The SMILES string of the molecule is CN1CCCC1Cc1ccccc1Cl. The molecule has 1 atom stereocenters. The Kier molecular flexibility index (Phi) is 3.09. The van der Waals surface area contributed by atoms with Crippen molar-refractivity contribution in [1.82, 2.24) is 4.90 Å². The van der Waals surface area contributed by atoms with Gasteiger partial charge >= 0.3 is 0 Å². The molecule has 1 aromatic rings. The minimum atomic E-state index is 0.690. The number of likely N-dealkylation sites (tertiary alicyclic amines) is 1. The van der Waals surface area contributed by atoms with E-state index in [-0.39, 0.29) is 0 Å². The normalized spacial score (nSPS) is 22.9. The predicted octanol–water partition coefficient (Wildman–Crippen LogP) is 2.98. The van der Waals surface area contributed by atoms with Gasteiger partial charge in [0.1, 0.15) is 0 Å². The van der Waals surface area contributed by atoms with Crippen LogP contribution in [0, 0.1) is 0 Å². The minimum Gasteiger partial charge on any atom is -0.303 e. The average molecular weight is 210 g/mol. The fourth-order valence-corrected chi connectivity index (χ4v) is 2.37. The highest BCUT2D eigenvalue weighted by Crippen LogP contribution is 2.23. The molecule has 1 aliphatic heterocycles. The number of hydrogen-bond acceptors (Lipinski definition) is 1. The number of likely N-dealkylation sites (N-methyl/N-ethyl adjacent to an activating group) is 1. The van der Waals surface area contributed by atoms with E-state index in [4.69, 9.17) is 11.6 Å². The molecule has 0 spiro atoms. The maximum Gasteiger partial charge on any atom is 0.0438 e.